The lowest BCUT2D eigenvalue weighted by atomic mass is 9.92. The molecule has 0 saturated carbocycles. The summed E-state index contributed by atoms with van der Waals surface area (Å²) in [6, 6.07) is 12.9. The molecule has 1 aliphatic heterocycles. The van der Waals surface area contributed by atoms with Gasteiger partial charge < -0.3 is 20.1 Å². The number of fused-ring (bicyclic) bond motifs is 1. The average Bonchev–Trinajstić information content (AvgIpc) is 3.12. The molecule has 2 N–H and O–H groups in total. The zero-order valence-corrected chi connectivity index (χ0v) is 18.6. The number of nitrogens with one attached hydrogen (secondary N) is 2. The summed E-state index contributed by atoms with van der Waals surface area (Å²) in [5, 5.41) is 5.63. The predicted octanol–water partition coefficient (Wildman–Crippen LogP) is 5.30. The van der Waals surface area contributed by atoms with Crippen LogP contribution < -0.4 is 20.1 Å². The molecule has 2 aromatic rings. The third kappa shape index (κ3) is 6.16. The third-order valence-electron chi connectivity index (χ3n) is 4.39. The molecule has 1 unspecified atom stereocenters. The molecular formula is C23H28N2O4S. The third-order valence-corrected chi connectivity index (χ3v) is 5.75. The number of anilines is 2. The monoisotopic (exact) mass is 428 g/mol. The molecule has 0 saturated heterocycles. The van der Waals surface area contributed by atoms with Gasteiger partial charge in [-0.2, -0.15) is 0 Å². The van der Waals surface area contributed by atoms with Crippen molar-refractivity contribution in [1.29, 1.82) is 0 Å². The maximum atomic E-state index is 12.8. The zero-order valence-electron chi connectivity index (χ0n) is 17.8. The number of ether oxygens (including phenoxy) is 2. The highest BCUT2D eigenvalue weighted by Crippen LogP contribution is 2.35. The summed E-state index contributed by atoms with van der Waals surface area (Å²) in [6.07, 6.45) is 1.11. The van der Waals surface area contributed by atoms with Gasteiger partial charge in [0.25, 0.3) is 0 Å². The van der Waals surface area contributed by atoms with Gasteiger partial charge in [-0.1, -0.05) is 33.8 Å². The van der Waals surface area contributed by atoms with Crippen LogP contribution >= 0.6 is 11.8 Å². The number of hydrogen-bond acceptors (Lipinski definition) is 5. The minimum Gasteiger partial charge on any atom is -0.454 e. The minimum atomic E-state index is -0.268. The van der Waals surface area contributed by atoms with Crippen LogP contribution in [0.5, 0.6) is 11.5 Å². The Morgan fingerprint density at radius 3 is 2.50 bits per heavy atom. The zero-order chi connectivity index (χ0) is 21.7. The van der Waals surface area contributed by atoms with E-state index >= 15 is 0 Å². The van der Waals surface area contributed by atoms with Crippen molar-refractivity contribution in [3.63, 3.8) is 0 Å². The minimum absolute atomic E-state index is 0.0164. The lowest BCUT2D eigenvalue weighted by molar-refractivity contribution is -0.118. The molecule has 7 heteroatoms. The lowest BCUT2D eigenvalue weighted by Crippen LogP contribution is -2.24. The number of carbonyl (C=O) groups excluding carboxylic acids is 2. The van der Waals surface area contributed by atoms with Gasteiger partial charge in [0.05, 0.1) is 5.25 Å². The molecule has 1 aliphatic rings. The molecule has 2 amide bonds. The summed E-state index contributed by atoms with van der Waals surface area (Å²) < 4.78 is 10.7. The molecule has 0 aliphatic carbocycles. The summed E-state index contributed by atoms with van der Waals surface area (Å²) in [5.74, 6) is 1.22. The summed E-state index contributed by atoms with van der Waals surface area (Å²) in [4.78, 5) is 25.9. The Morgan fingerprint density at radius 2 is 1.77 bits per heavy atom. The van der Waals surface area contributed by atoms with Crippen LogP contribution in [0.3, 0.4) is 0 Å². The van der Waals surface area contributed by atoms with E-state index in [1.165, 1.54) is 11.8 Å². The number of hydrogen-bond donors (Lipinski definition) is 2. The van der Waals surface area contributed by atoms with Gasteiger partial charge in [0.1, 0.15) is 0 Å². The fourth-order valence-corrected chi connectivity index (χ4v) is 4.03. The number of thioether (sulfide) groups is 1. The van der Waals surface area contributed by atoms with Crippen molar-refractivity contribution in [1.82, 2.24) is 0 Å². The lowest BCUT2D eigenvalue weighted by Gasteiger charge is -2.18. The van der Waals surface area contributed by atoms with E-state index in [1.54, 1.807) is 18.2 Å². The number of amides is 2. The summed E-state index contributed by atoms with van der Waals surface area (Å²) in [5.41, 5.74) is 1.34. The van der Waals surface area contributed by atoms with Gasteiger partial charge in [0.2, 0.25) is 18.6 Å². The van der Waals surface area contributed by atoms with Crippen molar-refractivity contribution in [2.45, 2.75) is 50.7 Å². The van der Waals surface area contributed by atoms with Gasteiger partial charge in [-0.25, -0.2) is 0 Å². The van der Waals surface area contributed by atoms with Crippen molar-refractivity contribution in [2.75, 3.05) is 17.4 Å². The topological polar surface area (TPSA) is 76.7 Å². The van der Waals surface area contributed by atoms with Crippen LogP contribution in [0.1, 0.15) is 40.5 Å². The molecule has 6 nitrogen and oxygen atoms in total. The highest BCUT2D eigenvalue weighted by atomic mass is 32.2. The van der Waals surface area contributed by atoms with Crippen LogP contribution in [0.15, 0.2) is 47.4 Å². The van der Waals surface area contributed by atoms with Gasteiger partial charge >= 0.3 is 0 Å². The first kappa shape index (κ1) is 22.0. The molecule has 0 aromatic heterocycles. The molecule has 0 fully saturated rings. The van der Waals surface area contributed by atoms with E-state index in [0.717, 1.165) is 10.6 Å². The molecular weight excluding hydrogens is 400 g/mol. The Morgan fingerprint density at radius 1 is 1.03 bits per heavy atom. The average molecular weight is 429 g/mol. The molecule has 0 radical (unpaired) electrons. The molecule has 1 heterocycles. The van der Waals surface area contributed by atoms with Gasteiger partial charge in [0, 0.05) is 28.8 Å². The van der Waals surface area contributed by atoms with Crippen LogP contribution in [-0.2, 0) is 9.59 Å². The predicted molar refractivity (Wildman–Crippen MR) is 120 cm³/mol. The van der Waals surface area contributed by atoms with Crippen molar-refractivity contribution in [3.8, 4) is 11.5 Å². The second-order valence-electron chi connectivity index (χ2n) is 8.39. The molecule has 30 heavy (non-hydrogen) atoms. The van der Waals surface area contributed by atoms with Gasteiger partial charge in [-0.15, -0.1) is 11.8 Å². The van der Waals surface area contributed by atoms with E-state index < -0.39 is 0 Å². The molecule has 3 rings (SSSR count). The van der Waals surface area contributed by atoms with Crippen LogP contribution in [-0.4, -0.2) is 23.9 Å². The Bertz CT molecular complexity index is 924. The van der Waals surface area contributed by atoms with E-state index in [-0.39, 0.29) is 29.3 Å². The molecule has 0 bridgehead atoms. The smallest absolute Gasteiger partial charge is 0.237 e. The largest absolute Gasteiger partial charge is 0.454 e. The van der Waals surface area contributed by atoms with E-state index in [0.29, 0.717) is 30.0 Å². The fraction of sp³-hybridized carbons (Fsp3) is 0.391. The maximum Gasteiger partial charge on any atom is 0.237 e. The van der Waals surface area contributed by atoms with E-state index in [4.69, 9.17) is 9.47 Å². The quantitative estimate of drug-likeness (QED) is 0.585. The molecule has 160 valence electrons. The maximum absolute atomic E-state index is 12.8. The number of carbonyl (C=O) groups is 2. The Hall–Kier alpha value is -2.67. The summed E-state index contributed by atoms with van der Waals surface area (Å²) >= 11 is 1.48. The SMILES string of the molecule is CCC(Sc1cccc(NC(=O)CC(C)(C)C)c1)C(=O)Nc1ccc2c(c1)OCO2. The van der Waals surface area contributed by atoms with Crippen molar-refractivity contribution in [2.24, 2.45) is 5.41 Å². The second-order valence-corrected chi connectivity index (χ2v) is 9.66. The molecule has 0 spiro atoms. The van der Waals surface area contributed by atoms with E-state index in [2.05, 4.69) is 10.6 Å². The standard InChI is InChI=1S/C23H28N2O4S/c1-5-20(22(27)25-16-9-10-18-19(12-16)29-14-28-18)30-17-8-6-7-15(11-17)24-21(26)13-23(2,3)4/h6-12,20H,5,13-14H2,1-4H3,(H,24,26)(H,25,27). The highest BCUT2D eigenvalue weighted by Gasteiger charge is 2.21. The Balaban J connectivity index is 1.62. The van der Waals surface area contributed by atoms with Crippen molar-refractivity contribution < 1.29 is 19.1 Å². The van der Waals surface area contributed by atoms with Gasteiger partial charge in [-0.05, 0) is 42.2 Å². The van der Waals surface area contributed by atoms with E-state index in [9.17, 15) is 9.59 Å². The summed E-state index contributed by atoms with van der Waals surface area (Å²) in [7, 11) is 0. The fourth-order valence-electron chi connectivity index (χ4n) is 3.02. The number of benzene rings is 2. The Labute approximate surface area is 181 Å². The van der Waals surface area contributed by atoms with Crippen LogP contribution in [0.25, 0.3) is 0 Å². The van der Waals surface area contributed by atoms with Crippen LogP contribution in [0.2, 0.25) is 0 Å². The molecule has 1 atom stereocenters. The van der Waals surface area contributed by atoms with Crippen molar-refractivity contribution in [3.05, 3.63) is 42.5 Å². The first-order chi connectivity index (χ1) is 14.2. The van der Waals surface area contributed by atoms with Gasteiger partial charge in [0.15, 0.2) is 11.5 Å². The highest BCUT2D eigenvalue weighted by molar-refractivity contribution is 8.00. The van der Waals surface area contributed by atoms with E-state index in [1.807, 2.05) is 52.0 Å². The summed E-state index contributed by atoms with van der Waals surface area (Å²) in [6.45, 7) is 8.27. The number of rotatable bonds is 7. The molecule has 2 aromatic carbocycles. The normalized spacial score (nSPS) is 13.6. The first-order valence-corrected chi connectivity index (χ1v) is 10.9. The van der Waals surface area contributed by atoms with Gasteiger partial charge in [-0.3, -0.25) is 9.59 Å². The second kappa shape index (κ2) is 9.43. The Kier molecular flexibility index (Phi) is 6.92. The first-order valence-electron chi connectivity index (χ1n) is 10.0. The van der Waals surface area contributed by atoms with Crippen LogP contribution in [0.4, 0.5) is 11.4 Å². The van der Waals surface area contributed by atoms with Crippen LogP contribution in [0, 0.1) is 5.41 Å². The van der Waals surface area contributed by atoms with Crippen molar-refractivity contribution >= 4 is 35.0 Å².